The second-order valence-corrected chi connectivity index (χ2v) is 3.99. The van der Waals surface area contributed by atoms with Gasteiger partial charge in [-0.05, 0) is 6.07 Å². The van der Waals surface area contributed by atoms with Gasteiger partial charge in [0.05, 0.1) is 18.5 Å². The minimum Gasteiger partial charge on any atom is -0.469 e. The number of hydrogen-bond donors (Lipinski definition) is 1. The van der Waals surface area contributed by atoms with E-state index in [1.807, 2.05) is 0 Å². The van der Waals surface area contributed by atoms with Gasteiger partial charge in [-0.25, -0.2) is 4.79 Å². The van der Waals surface area contributed by atoms with E-state index in [1.165, 1.54) is 37.3 Å². The number of anilines is 1. The Labute approximate surface area is 115 Å². The topological polar surface area (TPSA) is 102 Å². The summed E-state index contributed by atoms with van der Waals surface area (Å²) in [5.74, 6) is -0.417. The van der Waals surface area contributed by atoms with E-state index in [-0.39, 0.29) is 18.7 Å². The quantitative estimate of drug-likeness (QED) is 0.502. The first-order valence-corrected chi connectivity index (χ1v) is 5.77. The number of rotatable bonds is 5. The van der Waals surface area contributed by atoms with E-state index in [9.17, 15) is 19.7 Å². The molecule has 0 saturated heterocycles. The number of hydrogen-bond acceptors (Lipinski definition) is 5. The first-order chi connectivity index (χ1) is 9.43. The van der Waals surface area contributed by atoms with Gasteiger partial charge < -0.3 is 15.0 Å². The Morgan fingerprint density at radius 2 is 2.15 bits per heavy atom. The number of nitro groups is 1. The van der Waals surface area contributed by atoms with Crippen LogP contribution in [0.1, 0.15) is 6.42 Å². The van der Waals surface area contributed by atoms with E-state index < -0.39 is 16.9 Å². The fourth-order valence-corrected chi connectivity index (χ4v) is 1.38. The monoisotopic (exact) mass is 281 g/mol. The standard InChI is InChI=1S/C12H15N3O5/c1-14(7-6-11(16)20-2)12(17)13-9-4-3-5-10(8-9)15(18)19/h3-5,8H,6-7H2,1-2H3,(H,13,17). The number of amides is 2. The zero-order valence-electron chi connectivity index (χ0n) is 11.2. The molecule has 0 bridgehead atoms. The lowest BCUT2D eigenvalue weighted by atomic mass is 10.3. The molecule has 0 radical (unpaired) electrons. The summed E-state index contributed by atoms with van der Waals surface area (Å²) in [5.41, 5.74) is 0.203. The van der Waals surface area contributed by atoms with Crippen LogP contribution in [-0.2, 0) is 9.53 Å². The number of methoxy groups -OCH3 is 1. The molecular weight excluding hydrogens is 266 g/mol. The van der Waals surface area contributed by atoms with Crippen molar-refractivity contribution in [2.24, 2.45) is 0 Å². The van der Waals surface area contributed by atoms with Gasteiger partial charge in [0.25, 0.3) is 5.69 Å². The Hall–Kier alpha value is -2.64. The van der Waals surface area contributed by atoms with E-state index in [2.05, 4.69) is 10.1 Å². The average molecular weight is 281 g/mol. The lowest BCUT2D eigenvalue weighted by Crippen LogP contribution is -2.33. The summed E-state index contributed by atoms with van der Waals surface area (Å²) in [6, 6.07) is 5.14. The zero-order valence-corrected chi connectivity index (χ0v) is 11.2. The van der Waals surface area contributed by atoms with Gasteiger partial charge >= 0.3 is 12.0 Å². The molecule has 8 heteroatoms. The summed E-state index contributed by atoms with van der Waals surface area (Å²) in [6.07, 6.45) is 0.0787. The number of esters is 1. The van der Waals surface area contributed by atoms with Crippen molar-refractivity contribution in [3.8, 4) is 0 Å². The molecule has 0 heterocycles. The predicted molar refractivity (Wildman–Crippen MR) is 71.4 cm³/mol. The maximum absolute atomic E-state index is 11.8. The Bertz CT molecular complexity index is 518. The molecule has 0 aromatic heterocycles. The smallest absolute Gasteiger partial charge is 0.321 e. The summed E-state index contributed by atoms with van der Waals surface area (Å²) in [4.78, 5) is 34.1. The number of benzene rings is 1. The van der Waals surface area contributed by atoms with Gasteiger partial charge in [0, 0.05) is 31.4 Å². The van der Waals surface area contributed by atoms with Crippen molar-refractivity contribution in [2.75, 3.05) is 26.0 Å². The van der Waals surface area contributed by atoms with Gasteiger partial charge in [0.1, 0.15) is 0 Å². The van der Waals surface area contributed by atoms with Gasteiger partial charge in [-0.2, -0.15) is 0 Å². The van der Waals surface area contributed by atoms with E-state index >= 15 is 0 Å². The highest BCUT2D eigenvalue weighted by atomic mass is 16.6. The third-order valence-electron chi connectivity index (χ3n) is 2.53. The summed E-state index contributed by atoms with van der Waals surface area (Å²) in [7, 11) is 2.78. The van der Waals surface area contributed by atoms with Gasteiger partial charge in [0.2, 0.25) is 0 Å². The molecule has 0 fully saturated rings. The second-order valence-electron chi connectivity index (χ2n) is 3.99. The van der Waals surface area contributed by atoms with Crippen LogP contribution in [0.4, 0.5) is 16.2 Å². The molecule has 8 nitrogen and oxygen atoms in total. The lowest BCUT2D eigenvalue weighted by Gasteiger charge is -2.17. The largest absolute Gasteiger partial charge is 0.469 e. The van der Waals surface area contributed by atoms with E-state index in [4.69, 9.17) is 0 Å². The van der Waals surface area contributed by atoms with Crippen LogP contribution < -0.4 is 5.32 Å². The fraction of sp³-hybridized carbons (Fsp3) is 0.333. The molecule has 2 amide bonds. The molecule has 0 atom stereocenters. The van der Waals surface area contributed by atoms with Crippen molar-refractivity contribution >= 4 is 23.4 Å². The fourth-order valence-electron chi connectivity index (χ4n) is 1.38. The third-order valence-corrected chi connectivity index (χ3v) is 2.53. The molecule has 0 aliphatic carbocycles. The highest BCUT2D eigenvalue weighted by Crippen LogP contribution is 2.17. The van der Waals surface area contributed by atoms with Crippen LogP contribution in [-0.4, -0.2) is 42.5 Å². The number of ether oxygens (including phenoxy) is 1. The molecule has 1 aromatic carbocycles. The number of carbonyl (C=O) groups is 2. The summed E-state index contributed by atoms with van der Waals surface area (Å²) >= 11 is 0. The molecule has 1 N–H and O–H groups in total. The Kier molecular flexibility index (Phi) is 5.45. The lowest BCUT2D eigenvalue weighted by molar-refractivity contribution is -0.384. The Balaban J connectivity index is 2.59. The molecular formula is C12H15N3O5. The molecule has 0 unspecified atom stereocenters. The zero-order chi connectivity index (χ0) is 15.1. The van der Waals surface area contributed by atoms with Gasteiger partial charge in [-0.15, -0.1) is 0 Å². The molecule has 20 heavy (non-hydrogen) atoms. The molecule has 108 valence electrons. The number of non-ortho nitro benzene ring substituents is 1. The number of urea groups is 1. The van der Waals surface area contributed by atoms with Gasteiger partial charge in [-0.1, -0.05) is 6.07 Å². The van der Waals surface area contributed by atoms with Crippen molar-refractivity contribution in [3.05, 3.63) is 34.4 Å². The maximum atomic E-state index is 11.8. The summed E-state index contributed by atoms with van der Waals surface area (Å²) in [6.45, 7) is 0.188. The normalized spacial score (nSPS) is 9.70. The minimum absolute atomic E-state index is 0.0787. The van der Waals surface area contributed by atoms with E-state index in [0.717, 1.165) is 0 Å². The molecule has 1 aromatic rings. The SMILES string of the molecule is COC(=O)CCN(C)C(=O)Nc1cccc([N+](=O)[O-])c1. The maximum Gasteiger partial charge on any atom is 0.321 e. The Morgan fingerprint density at radius 1 is 1.45 bits per heavy atom. The average Bonchev–Trinajstić information content (AvgIpc) is 2.44. The van der Waals surface area contributed by atoms with Crippen molar-refractivity contribution in [1.29, 1.82) is 0 Å². The molecule has 0 spiro atoms. The van der Waals surface area contributed by atoms with E-state index in [1.54, 1.807) is 6.07 Å². The van der Waals surface area contributed by atoms with Crippen molar-refractivity contribution in [2.45, 2.75) is 6.42 Å². The molecule has 1 rings (SSSR count). The molecule has 0 aliphatic heterocycles. The van der Waals surface area contributed by atoms with Gasteiger partial charge in [-0.3, -0.25) is 14.9 Å². The van der Waals surface area contributed by atoms with Crippen LogP contribution in [0.3, 0.4) is 0 Å². The minimum atomic E-state index is -0.545. The highest BCUT2D eigenvalue weighted by molar-refractivity contribution is 5.89. The van der Waals surface area contributed by atoms with Crippen LogP contribution in [0.2, 0.25) is 0 Å². The summed E-state index contributed by atoms with van der Waals surface area (Å²) in [5, 5.41) is 13.1. The second kappa shape index (κ2) is 7.07. The molecule has 0 aliphatic rings. The van der Waals surface area contributed by atoms with Gasteiger partial charge in [0.15, 0.2) is 0 Å². The number of carbonyl (C=O) groups excluding carboxylic acids is 2. The van der Waals surface area contributed by atoms with Crippen LogP contribution in [0, 0.1) is 10.1 Å². The molecule has 0 saturated carbocycles. The first-order valence-electron chi connectivity index (χ1n) is 5.77. The first kappa shape index (κ1) is 15.4. The van der Waals surface area contributed by atoms with Crippen LogP contribution in [0.15, 0.2) is 24.3 Å². The number of nitrogens with zero attached hydrogens (tertiary/aromatic N) is 2. The third kappa shape index (κ3) is 4.56. The van der Waals surface area contributed by atoms with Crippen molar-refractivity contribution in [1.82, 2.24) is 4.90 Å². The van der Waals surface area contributed by atoms with Crippen molar-refractivity contribution < 1.29 is 19.2 Å². The number of nitrogens with one attached hydrogen (secondary N) is 1. The Morgan fingerprint density at radius 3 is 2.75 bits per heavy atom. The van der Waals surface area contributed by atoms with Crippen LogP contribution >= 0.6 is 0 Å². The highest BCUT2D eigenvalue weighted by Gasteiger charge is 2.12. The van der Waals surface area contributed by atoms with Crippen LogP contribution in [0.25, 0.3) is 0 Å². The van der Waals surface area contributed by atoms with Crippen LogP contribution in [0.5, 0.6) is 0 Å². The number of nitro benzene ring substituents is 1. The predicted octanol–water partition coefficient (Wildman–Crippen LogP) is 1.62. The summed E-state index contributed by atoms with van der Waals surface area (Å²) < 4.78 is 4.47. The van der Waals surface area contributed by atoms with E-state index in [0.29, 0.717) is 5.69 Å². The van der Waals surface area contributed by atoms with Crippen molar-refractivity contribution in [3.63, 3.8) is 0 Å².